The van der Waals surface area contributed by atoms with E-state index < -0.39 is 11.7 Å². The summed E-state index contributed by atoms with van der Waals surface area (Å²) < 4.78 is 5.31. The molecule has 4 rings (SSSR count). The van der Waals surface area contributed by atoms with E-state index in [-0.39, 0.29) is 5.88 Å². The molecular formula is C27H27N3O3. The van der Waals surface area contributed by atoms with Gasteiger partial charge in [0, 0.05) is 23.0 Å². The SMILES string of the molecule is CC(C)(C)OC(=O)NCc1cccc(N=C(c2ccccc2)c2c(O)[nH]c3ccccc23)c1. The van der Waals surface area contributed by atoms with Gasteiger partial charge in [0.15, 0.2) is 5.88 Å². The zero-order valence-electron chi connectivity index (χ0n) is 18.9. The second-order valence-electron chi connectivity index (χ2n) is 8.75. The van der Waals surface area contributed by atoms with E-state index in [2.05, 4.69) is 10.3 Å². The van der Waals surface area contributed by atoms with Crippen molar-refractivity contribution in [3.63, 3.8) is 0 Å². The Hall–Kier alpha value is -4.06. The number of alkyl carbamates (subject to hydrolysis) is 1. The van der Waals surface area contributed by atoms with Crippen LogP contribution in [-0.2, 0) is 11.3 Å². The molecule has 0 saturated carbocycles. The number of carbonyl (C=O) groups excluding carboxylic acids is 1. The van der Waals surface area contributed by atoms with Crippen molar-refractivity contribution in [1.29, 1.82) is 0 Å². The van der Waals surface area contributed by atoms with Crippen LogP contribution < -0.4 is 5.32 Å². The summed E-state index contributed by atoms with van der Waals surface area (Å²) in [6.45, 7) is 5.80. The molecule has 0 spiro atoms. The summed E-state index contributed by atoms with van der Waals surface area (Å²) in [5.41, 5.74) is 4.07. The van der Waals surface area contributed by atoms with Gasteiger partial charge in [-0.15, -0.1) is 0 Å². The first-order chi connectivity index (χ1) is 15.8. The van der Waals surface area contributed by atoms with Gasteiger partial charge in [-0.2, -0.15) is 0 Å². The number of rotatable bonds is 5. The summed E-state index contributed by atoms with van der Waals surface area (Å²) in [6, 6.07) is 25.1. The maximum Gasteiger partial charge on any atom is 0.407 e. The molecule has 3 N–H and O–H groups in total. The van der Waals surface area contributed by atoms with Gasteiger partial charge in [0.05, 0.1) is 17.0 Å². The Labute approximate surface area is 193 Å². The van der Waals surface area contributed by atoms with E-state index in [1.54, 1.807) is 0 Å². The highest BCUT2D eigenvalue weighted by Gasteiger charge is 2.19. The van der Waals surface area contributed by atoms with E-state index >= 15 is 0 Å². The Morgan fingerprint density at radius 1 is 1.00 bits per heavy atom. The third kappa shape index (κ3) is 5.41. The Morgan fingerprint density at radius 3 is 2.48 bits per heavy atom. The molecule has 0 radical (unpaired) electrons. The third-order valence-corrected chi connectivity index (χ3v) is 4.96. The van der Waals surface area contributed by atoms with E-state index in [4.69, 9.17) is 9.73 Å². The van der Waals surface area contributed by atoms with Crippen LogP contribution in [0.15, 0.2) is 83.9 Å². The predicted octanol–water partition coefficient (Wildman–Crippen LogP) is 6.07. The Kier molecular flexibility index (Phi) is 6.18. The van der Waals surface area contributed by atoms with Crippen molar-refractivity contribution in [3.8, 4) is 5.88 Å². The number of amides is 1. The fourth-order valence-electron chi connectivity index (χ4n) is 3.58. The van der Waals surface area contributed by atoms with Crippen molar-refractivity contribution in [1.82, 2.24) is 10.3 Å². The van der Waals surface area contributed by atoms with Gasteiger partial charge in [-0.05, 0) is 44.5 Å². The molecule has 168 valence electrons. The van der Waals surface area contributed by atoms with Crippen LogP contribution in [0.5, 0.6) is 5.88 Å². The van der Waals surface area contributed by atoms with Crippen LogP contribution in [0.4, 0.5) is 10.5 Å². The van der Waals surface area contributed by atoms with Crippen LogP contribution in [0.2, 0.25) is 0 Å². The number of hydrogen-bond donors (Lipinski definition) is 3. The van der Waals surface area contributed by atoms with Crippen LogP contribution in [0.25, 0.3) is 10.9 Å². The zero-order chi connectivity index (χ0) is 23.4. The highest BCUT2D eigenvalue weighted by atomic mass is 16.6. The van der Waals surface area contributed by atoms with E-state index in [0.717, 1.165) is 22.0 Å². The maximum atomic E-state index is 12.0. The fraction of sp³-hybridized carbons (Fsp3) is 0.185. The molecule has 0 bridgehead atoms. The lowest BCUT2D eigenvalue weighted by Crippen LogP contribution is -2.32. The van der Waals surface area contributed by atoms with Gasteiger partial charge in [0.25, 0.3) is 0 Å². The first kappa shape index (κ1) is 22.1. The average molecular weight is 442 g/mol. The summed E-state index contributed by atoms with van der Waals surface area (Å²) in [5.74, 6) is 0.0709. The van der Waals surface area contributed by atoms with Crippen molar-refractivity contribution in [2.45, 2.75) is 32.9 Å². The molecule has 6 heteroatoms. The molecule has 3 aromatic carbocycles. The van der Waals surface area contributed by atoms with Crippen molar-refractivity contribution in [2.75, 3.05) is 0 Å². The smallest absolute Gasteiger partial charge is 0.407 e. The molecule has 0 aliphatic heterocycles. The van der Waals surface area contributed by atoms with Gasteiger partial charge >= 0.3 is 6.09 Å². The number of carbonyl (C=O) groups is 1. The second-order valence-corrected chi connectivity index (χ2v) is 8.75. The standard InChI is InChI=1S/C27H27N3O3/c1-27(2,3)33-26(32)28-17-18-10-9-13-20(16-18)29-24(19-11-5-4-6-12-19)23-21-14-7-8-15-22(21)30-25(23)31/h4-16,30-31H,17H2,1-3H3,(H,28,32). The second kappa shape index (κ2) is 9.20. The number of aromatic amines is 1. The number of nitrogens with zero attached hydrogens (tertiary/aromatic N) is 1. The van der Waals surface area contributed by atoms with Crippen molar-refractivity contribution in [3.05, 3.63) is 95.6 Å². The van der Waals surface area contributed by atoms with Gasteiger partial charge in [0.2, 0.25) is 0 Å². The number of H-pyrrole nitrogens is 1. The van der Waals surface area contributed by atoms with Crippen molar-refractivity contribution < 1.29 is 14.6 Å². The molecule has 0 fully saturated rings. The van der Waals surface area contributed by atoms with E-state index in [0.29, 0.717) is 23.5 Å². The molecule has 0 unspecified atom stereocenters. The summed E-state index contributed by atoms with van der Waals surface area (Å²) in [6.07, 6.45) is -0.468. The fourth-order valence-corrected chi connectivity index (χ4v) is 3.58. The molecule has 0 saturated heterocycles. The van der Waals surface area contributed by atoms with Crippen LogP contribution in [0.3, 0.4) is 0 Å². The first-order valence-electron chi connectivity index (χ1n) is 10.8. The molecule has 33 heavy (non-hydrogen) atoms. The molecule has 1 heterocycles. The number of ether oxygens (including phenoxy) is 1. The number of nitrogens with one attached hydrogen (secondary N) is 2. The monoisotopic (exact) mass is 441 g/mol. The van der Waals surface area contributed by atoms with E-state index in [9.17, 15) is 9.90 Å². The quantitative estimate of drug-likeness (QED) is 0.329. The number of para-hydroxylation sites is 1. The minimum atomic E-state index is -0.553. The highest BCUT2D eigenvalue weighted by Crippen LogP contribution is 2.31. The van der Waals surface area contributed by atoms with Crippen LogP contribution in [0.1, 0.15) is 37.5 Å². The number of aromatic hydroxyl groups is 1. The molecule has 0 aliphatic rings. The number of hydrogen-bond acceptors (Lipinski definition) is 4. The molecule has 0 atom stereocenters. The highest BCUT2D eigenvalue weighted by molar-refractivity contribution is 6.21. The zero-order valence-corrected chi connectivity index (χ0v) is 18.9. The third-order valence-electron chi connectivity index (χ3n) is 4.96. The number of benzene rings is 3. The van der Waals surface area contributed by atoms with Crippen LogP contribution in [-0.4, -0.2) is 27.5 Å². The topological polar surface area (TPSA) is 86.7 Å². The molecule has 0 aliphatic carbocycles. The van der Waals surface area contributed by atoms with Crippen LogP contribution in [0, 0.1) is 0 Å². The lowest BCUT2D eigenvalue weighted by Gasteiger charge is -2.19. The average Bonchev–Trinajstić information content (AvgIpc) is 3.11. The summed E-state index contributed by atoms with van der Waals surface area (Å²) in [4.78, 5) is 20.0. The largest absolute Gasteiger partial charge is 0.494 e. The number of fused-ring (bicyclic) bond motifs is 1. The summed E-state index contributed by atoms with van der Waals surface area (Å²) in [5, 5.41) is 14.4. The van der Waals surface area contributed by atoms with Gasteiger partial charge in [-0.25, -0.2) is 9.79 Å². The molecule has 6 nitrogen and oxygen atoms in total. The van der Waals surface area contributed by atoms with E-state index in [1.165, 1.54) is 0 Å². The molecule has 1 amide bonds. The normalized spacial score (nSPS) is 12.0. The number of aliphatic imine (C=N–C) groups is 1. The number of aromatic nitrogens is 1. The lowest BCUT2D eigenvalue weighted by molar-refractivity contribution is 0.0523. The van der Waals surface area contributed by atoms with Crippen molar-refractivity contribution >= 4 is 28.4 Å². The Balaban J connectivity index is 1.70. The van der Waals surface area contributed by atoms with Gasteiger partial charge in [-0.3, -0.25) is 0 Å². The lowest BCUT2D eigenvalue weighted by atomic mass is 10.0. The van der Waals surface area contributed by atoms with E-state index in [1.807, 2.05) is 99.6 Å². The van der Waals surface area contributed by atoms with Crippen molar-refractivity contribution in [2.24, 2.45) is 4.99 Å². The maximum absolute atomic E-state index is 12.0. The minimum Gasteiger partial charge on any atom is -0.494 e. The molecular weight excluding hydrogens is 414 g/mol. The molecule has 4 aromatic rings. The summed E-state index contributed by atoms with van der Waals surface area (Å²) in [7, 11) is 0. The molecule has 1 aromatic heterocycles. The first-order valence-corrected chi connectivity index (χ1v) is 10.8. The van der Waals surface area contributed by atoms with Gasteiger partial charge < -0.3 is 20.1 Å². The van der Waals surface area contributed by atoms with Crippen LogP contribution >= 0.6 is 0 Å². The minimum absolute atomic E-state index is 0.0709. The van der Waals surface area contributed by atoms with Gasteiger partial charge in [0.1, 0.15) is 5.60 Å². The predicted molar refractivity (Wildman–Crippen MR) is 131 cm³/mol. The van der Waals surface area contributed by atoms with Gasteiger partial charge in [-0.1, -0.05) is 60.7 Å². The Bertz CT molecular complexity index is 1300. The summed E-state index contributed by atoms with van der Waals surface area (Å²) >= 11 is 0. The Morgan fingerprint density at radius 2 is 1.73 bits per heavy atom.